The van der Waals surface area contributed by atoms with Crippen molar-refractivity contribution >= 4 is 5.69 Å². The molecule has 0 bridgehead atoms. The van der Waals surface area contributed by atoms with E-state index in [4.69, 9.17) is 4.42 Å². The molecule has 2 rings (SSSR count). The number of hydrogen-bond acceptors (Lipinski definition) is 4. The first-order valence-corrected chi connectivity index (χ1v) is 6.60. The number of furan rings is 1. The lowest BCUT2D eigenvalue weighted by Crippen LogP contribution is -2.20. The van der Waals surface area contributed by atoms with E-state index in [1.54, 1.807) is 0 Å². The zero-order valence-corrected chi connectivity index (χ0v) is 11.8. The van der Waals surface area contributed by atoms with Crippen molar-refractivity contribution in [1.29, 1.82) is 0 Å². The Kier molecular flexibility index (Phi) is 4.58. The highest BCUT2D eigenvalue weighted by Crippen LogP contribution is 2.20. The van der Waals surface area contributed by atoms with Crippen LogP contribution in [0.3, 0.4) is 0 Å². The summed E-state index contributed by atoms with van der Waals surface area (Å²) in [5.74, 6) is 1.92. The predicted octanol–water partition coefficient (Wildman–Crippen LogP) is 2.73. The molecular formula is C15H21N3O. The van der Waals surface area contributed by atoms with Gasteiger partial charge in [0.05, 0.1) is 18.4 Å². The maximum atomic E-state index is 5.62. The van der Waals surface area contributed by atoms with Crippen LogP contribution in [0.2, 0.25) is 0 Å². The molecule has 0 radical (unpaired) electrons. The molecule has 0 aromatic carbocycles. The van der Waals surface area contributed by atoms with Crippen molar-refractivity contribution in [3.63, 3.8) is 0 Å². The van der Waals surface area contributed by atoms with Gasteiger partial charge in [-0.05, 0) is 37.2 Å². The molecule has 102 valence electrons. The average Bonchev–Trinajstić information content (AvgIpc) is 2.82. The van der Waals surface area contributed by atoms with Gasteiger partial charge in [-0.3, -0.25) is 4.98 Å². The lowest BCUT2D eigenvalue weighted by Gasteiger charge is -2.21. The normalized spacial score (nSPS) is 10.7. The number of anilines is 1. The molecule has 0 aliphatic carbocycles. The van der Waals surface area contributed by atoms with Crippen molar-refractivity contribution in [2.24, 2.45) is 0 Å². The third kappa shape index (κ3) is 3.58. The van der Waals surface area contributed by atoms with Crippen molar-refractivity contribution < 1.29 is 4.42 Å². The Hall–Kier alpha value is -1.81. The third-order valence-electron chi connectivity index (χ3n) is 3.05. The predicted molar refractivity (Wildman–Crippen MR) is 77.2 cm³/mol. The van der Waals surface area contributed by atoms with Crippen LogP contribution in [0.4, 0.5) is 5.69 Å². The first-order chi connectivity index (χ1) is 9.20. The summed E-state index contributed by atoms with van der Waals surface area (Å²) in [6.07, 6.45) is 3.74. The van der Waals surface area contributed by atoms with Crippen molar-refractivity contribution in [2.75, 3.05) is 18.5 Å². The number of nitrogens with one attached hydrogen (secondary N) is 1. The minimum atomic E-state index is 0.749. The quantitative estimate of drug-likeness (QED) is 0.866. The Morgan fingerprint density at radius 3 is 2.84 bits per heavy atom. The monoisotopic (exact) mass is 259 g/mol. The Morgan fingerprint density at radius 2 is 2.16 bits per heavy atom. The molecule has 0 unspecified atom stereocenters. The SMILES string of the molecule is CCNCc1ccncc1N(C)Cc1ccc(C)o1. The van der Waals surface area contributed by atoms with E-state index in [1.165, 1.54) is 5.56 Å². The topological polar surface area (TPSA) is 41.3 Å². The van der Waals surface area contributed by atoms with E-state index >= 15 is 0 Å². The molecule has 2 aromatic rings. The first kappa shape index (κ1) is 13.6. The molecule has 0 fully saturated rings. The number of pyridine rings is 1. The van der Waals surface area contributed by atoms with E-state index < -0.39 is 0 Å². The Balaban J connectivity index is 2.11. The van der Waals surface area contributed by atoms with Crippen molar-refractivity contribution in [3.8, 4) is 0 Å². The molecule has 0 saturated carbocycles. The largest absolute Gasteiger partial charge is 0.464 e. The van der Waals surface area contributed by atoms with Gasteiger partial charge in [-0.2, -0.15) is 0 Å². The van der Waals surface area contributed by atoms with Gasteiger partial charge in [-0.1, -0.05) is 6.92 Å². The summed E-state index contributed by atoms with van der Waals surface area (Å²) in [4.78, 5) is 6.39. The number of nitrogens with zero attached hydrogens (tertiary/aromatic N) is 2. The van der Waals surface area contributed by atoms with Gasteiger partial charge in [-0.15, -0.1) is 0 Å². The summed E-state index contributed by atoms with van der Waals surface area (Å²) < 4.78 is 5.62. The molecule has 4 heteroatoms. The van der Waals surface area contributed by atoms with Gasteiger partial charge in [0.2, 0.25) is 0 Å². The summed E-state index contributed by atoms with van der Waals surface area (Å²) in [6.45, 7) is 6.64. The van der Waals surface area contributed by atoms with Crippen LogP contribution in [-0.4, -0.2) is 18.6 Å². The van der Waals surface area contributed by atoms with Gasteiger partial charge in [0.25, 0.3) is 0 Å². The molecule has 2 aromatic heterocycles. The maximum absolute atomic E-state index is 5.62. The van der Waals surface area contributed by atoms with Gasteiger partial charge in [0.15, 0.2) is 0 Å². The fourth-order valence-corrected chi connectivity index (χ4v) is 2.06. The molecule has 0 saturated heterocycles. The summed E-state index contributed by atoms with van der Waals surface area (Å²) in [5.41, 5.74) is 2.39. The van der Waals surface area contributed by atoms with Crippen LogP contribution in [0, 0.1) is 6.92 Å². The highest BCUT2D eigenvalue weighted by Gasteiger charge is 2.09. The van der Waals surface area contributed by atoms with Crippen LogP contribution in [0.1, 0.15) is 24.0 Å². The zero-order valence-electron chi connectivity index (χ0n) is 11.8. The Labute approximate surface area is 114 Å². The smallest absolute Gasteiger partial charge is 0.123 e. The second-order valence-electron chi connectivity index (χ2n) is 4.65. The molecule has 1 N–H and O–H groups in total. The van der Waals surface area contributed by atoms with Crippen LogP contribution in [-0.2, 0) is 13.1 Å². The van der Waals surface area contributed by atoms with Gasteiger partial charge in [0.1, 0.15) is 11.5 Å². The van der Waals surface area contributed by atoms with E-state index in [9.17, 15) is 0 Å². The fraction of sp³-hybridized carbons (Fsp3) is 0.400. The molecule has 4 nitrogen and oxygen atoms in total. The van der Waals surface area contributed by atoms with E-state index in [-0.39, 0.29) is 0 Å². The first-order valence-electron chi connectivity index (χ1n) is 6.60. The van der Waals surface area contributed by atoms with E-state index in [0.717, 1.165) is 36.8 Å². The summed E-state index contributed by atoms with van der Waals surface area (Å²) in [5, 5.41) is 3.35. The van der Waals surface area contributed by atoms with E-state index in [2.05, 4.69) is 35.2 Å². The minimum Gasteiger partial charge on any atom is -0.464 e. The number of rotatable bonds is 6. The molecule has 0 aliphatic heterocycles. The van der Waals surface area contributed by atoms with Crippen LogP contribution < -0.4 is 10.2 Å². The van der Waals surface area contributed by atoms with Gasteiger partial charge in [0, 0.05) is 19.8 Å². The Morgan fingerprint density at radius 1 is 1.32 bits per heavy atom. The Bertz CT molecular complexity index is 522. The fourth-order valence-electron chi connectivity index (χ4n) is 2.06. The average molecular weight is 259 g/mol. The molecule has 19 heavy (non-hydrogen) atoms. The van der Waals surface area contributed by atoms with E-state index in [0.29, 0.717) is 0 Å². The highest BCUT2D eigenvalue weighted by atomic mass is 16.3. The van der Waals surface area contributed by atoms with Crippen LogP contribution in [0.5, 0.6) is 0 Å². The third-order valence-corrected chi connectivity index (χ3v) is 3.05. The number of aromatic nitrogens is 1. The summed E-state index contributed by atoms with van der Waals surface area (Å²) in [6, 6.07) is 6.07. The van der Waals surface area contributed by atoms with Gasteiger partial charge < -0.3 is 14.6 Å². The lowest BCUT2D eigenvalue weighted by molar-refractivity contribution is 0.481. The molecule has 0 atom stereocenters. The maximum Gasteiger partial charge on any atom is 0.123 e. The lowest BCUT2D eigenvalue weighted by atomic mass is 10.2. The van der Waals surface area contributed by atoms with Crippen molar-refractivity contribution in [1.82, 2.24) is 10.3 Å². The van der Waals surface area contributed by atoms with Crippen molar-refractivity contribution in [3.05, 3.63) is 47.7 Å². The van der Waals surface area contributed by atoms with Gasteiger partial charge >= 0.3 is 0 Å². The van der Waals surface area contributed by atoms with Crippen LogP contribution in [0.25, 0.3) is 0 Å². The standard InChI is InChI=1S/C15H21N3O/c1-4-16-9-13-7-8-17-10-15(13)18(3)11-14-6-5-12(2)19-14/h5-8,10,16H,4,9,11H2,1-3H3. The molecule has 0 aliphatic rings. The molecule has 2 heterocycles. The van der Waals surface area contributed by atoms with Crippen LogP contribution >= 0.6 is 0 Å². The summed E-state index contributed by atoms with van der Waals surface area (Å²) >= 11 is 0. The van der Waals surface area contributed by atoms with Crippen LogP contribution in [0.15, 0.2) is 35.0 Å². The zero-order chi connectivity index (χ0) is 13.7. The minimum absolute atomic E-state index is 0.749. The molecular weight excluding hydrogens is 238 g/mol. The highest BCUT2D eigenvalue weighted by molar-refractivity contribution is 5.51. The van der Waals surface area contributed by atoms with Crippen molar-refractivity contribution in [2.45, 2.75) is 26.9 Å². The number of aryl methyl sites for hydroxylation is 1. The summed E-state index contributed by atoms with van der Waals surface area (Å²) in [7, 11) is 2.06. The second-order valence-corrected chi connectivity index (χ2v) is 4.65. The van der Waals surface area contributed by atoms with Gasteiger partial charge in [-0.25, -0.2) is 0 Å². The second kappa shape index (κ2) is 6.38. The van der Waals surface area contributed by atoms with E-state index in [1.807, 2.05) is 31.5 Å². The number of hydrogen-bond donors (Lipinski definition) is 1. The molecule has 0 amide bonds. The molecule has 0 spiro atoms.